The number of H-pyrrole nitrogens is 1. The Morgan fingerprint density at radius 3 is 3.14 bits per heavy atom. The molecule has 6 heteroatoms. The number of aromatic carboxylic acids is 1. The highest BCUT2D eigenvalue weighted by Gasteiger charge is 2.26. The minimum absolute atomic E-state index is 0.0127. The molecule has 0 aromatic carbocycles. The van der Waals surface area contributed by atoms with Crippen LogP contribution in [0.3, 0.4) is 0 Å². The van der Waals surface area contributed by atoms with E-state index >= 15 is 0 Å². The molecule has 0 saturated carbocycles. The zero-order valence-electron chi connectivity index (χ0n) is 11.8. The lowest BCUT2D eigenvalue weighted by molar-refractivity contribution is 0.0690. The molecule has 2 aromatic heterocycles. The fourth-order valence-electron chi connectivity index (χ4n) is 2.93. The highest BCUT2D eigenvalue weighted by Crippen LogP contribution is 2.24. The molecule has 0 bridgehead atoms. The first-order valence-electron chi connectivity index (χ1n) is 7.11. The molecule has 0 spiro atoms. The lowest BCUT2D eigenvalue weighted by Gasteiger charge is -2.33. The van der Waals surface area contributed by atoms with Crippen molar-refractivity contribution in [2.45, 2.75) is 26.1 Å². The van der Waals surface area contributed by atoms with Crippen LogP contribution in [0.5, 0.6) is 0 Å². The van der Waals surface area contributed by atoms with Gasteiger partial charge in [0.15, 0.2) is 0 Å². The Balaban J connectivity index is 1.89. The molecule has 5 nitrogen and oxygen atoms in total. The van der Waals surface area contributed by atoms with Crippen molar-refractivity contribution in [3.8, 4) is 0 Å². The van der Waals surface area contributed by atoms with E-state index in [4.69, 9.17) is 5.11 Å². The summed E-state index contributed by atoms with van der Waals surface area (Å²) in [7, 11) is 0. The van der Waals surface area contributed by atoms with Crippen LogP contribution < -0.4 is 0 Å². The number of piperidine rings is 1. The fraction of sp³-hybridized carbons (Fsp3) is 0.467. The molecule has 2 atom stereocenters. The normalized spacial score (nSPS) is 23.5. The van der Waals surface area contributed by atoms with E-state index < -0.39 is 12.1 Å². The average Bonchev–Trinajstić information content (AvgIpc) is 2.91. The summed E-state index contributed by atoms with van der Waals surface area (Å²) in [5, 5.41) is 9.15. The zero-order chi connectivity index (χ0) is 15.0. The number of fused-ring (bicyclic) bond motifs is 1. The molecule has 3 rings (SSSR count). The van der Waals surface area contributed by atoms with Crippen LogP contribution in [-0.4, -0.2) is 45.2 Å². The molecule has 112 valence electrons. The Morgan fingerprint density at radius 2 is 2.43 bits per heavy atom. The van der Waals surface area contributed by atoms with Crippen molar-refractivity contribution < 1.29 is 14.3 Å². The highest BCUT2D eigenvalue weighted by atomic mass is 19.1. The van der Waals surface area contributed by atoms with Crippen LogP contribution in [0, 0.1) is 5.92 Å². The summed E-state index contributed by atoms with van der Waals surface area (Å²) >= 11 is 0. The summed E-state index contributed by atoms with van der Waals surface area (Å²) in [4.78, 5) is 20.6. The Morgan fingerprint density at radius 1 is 1.62 bits per heavy atom. The first-order valence-corrected chi connectivity index (χ1v) is 7.11. The smallest absolute Gasteiger partial charge is 0.354 e. The topological polar surface area (TPSA) is 69.2 Å². The molecule has 1 aliphatic heterocycles. The van der Waals surface area contributed by atoms with Gasteiger partial charge in [0.25, 0.3) is 0 Å². The van der Waals surface area contributed by atoms with Crippen LogP contribution in [0.2, 0.25) is 0 Å². The van der Waals surface area contributed by atoms with Crippen LogP contribution in [0.25, 0.3) is 11.0 Å². The molecular formula is C15H18FN3O2. The number of pyridine rings is 1. The van der Waals surface area contributed by atoms with E-state index in [0.29, 0.717) is 31.6 Å². The average molecular weight is 291 g/mol. The number of nitrogens with zero attached hydrogens (tertiary/aromatic N) is 2. The third-order valence-electron chi connectivity index (χ3n) is 4.10. The second-order valence-electron chi connectivity index (χ2n) is 5.73. The predicted octanol–water partition coefficient (Wildman–Crippen LogP) is 2.44. The number of nitrogens with one attached hydrogen (secondary N) is 1. The summed E-state index contributed by atoms with van der Waals surface area (Å²) in [5.41, 5.74) is 2.45. The summed E-state index contributed by atoms with van der Waals surface area (Å²) in [6.45, 7) is 3.90. The SMILES string of the molecule is C[C@@H]1CN(Cc2cc(C(=O)O)nc3cc[nH]c23)CC[C@@H]1F. The molecule has 2 aromatic rings. The van der Waals surface area contributed by atoms with Gasteiger partial charge in [0.05, 0.1) is 11.0 Å². The van der Waals surface area contributed by atoms with Crippen molar-refractivity contribution in [3.05, 3.63) is 29.6 Å². The number of carboxylic acid groups (broad SMARTS) is 1. The zero-order valence-corrected chi connectivity index (χ0v) is 11.8. The Bertz CT molecular complexity index is 670. The number of carbonyl (C=O) groups is 1. The second kappa shape index (κ2) is 5.44. The molecule has 1 fully saturated rings. The number of alkyl halides is 1. The number of aromatic amines is 1. The van der Waals surface area contributed by atoms with Gasteiger partial charge >= 0.3 is 5.97 Å². The lowest BCUT2D eigenvalue weighted by Crippen LogP contribution is -2.39. The van der Waals surface area contributed by atoms with Gasteiger partial charge in [-0.05, 0) is 24.1 Å². The van der Waals surface area contributed by atoms with Gasteiger partial charge in [-0.3, -0.25) is 4.90 Å². The number of aromatic nitrogens is 2. The molecule has 0 unspecified atom stereocenters. The third-order valence-corrected chi connectivity index (χ3v) is 4.10. The van der Waals surface area contributed by atoms with Gasteiger partial charge in [0.2, 0.25) is 0 Å². The van der Waals surface area contributed by atoms with E-state index in [-0.39, 0.29) is 11.6 Å². The standard InChI is InChI=1S/C15H18FN3O2/c1-9-7-19(5-3-11(9)16)8-10-6-13(15(20)21)18-12-2-4-17-14(10)12/h2,4,6,9,11,17H,3,5,7-8H2,1H3,(H,20,21)/t9-,11+/m1/s1. The Labute approximate surface area is 121 Å². The molecule has 21 heavy (non-hydrogen) atoms. The number of hydrogen-bond donors (Lipinski definition) is 2. The van der Waals surface area contributed by atoms with Crippen molar-refractivity contribution in [1.29, 1.82) is 0 Å². The largest absolute Gasteiger partial charge is 0.477 e. The quantitative estimate of drug-likeness (QED) is 0.911. The van der Waals surface area contributed by atoms with Crippen LogP contribution in [-0.2, 0) is 6.54 Å². The predicted molar refractivity (Wildman–Crippen MR) is 77.0 cm³/mol. The van der Waals surface area contributed by atoms with E-state index in [1.807, 2.05) is 6.92 Å². The monoisotopic (exact) mass is 291 g/mol. The van der Waals surface area contributed by atoms with Gasteiger partial charge < -0.3 is 10.1 Å². The number of likely N-dealkylation sites (tertiary alicyclic amines) is 1. The summed E-state index contributed by atoms with van der Waals surface area (Å²) < 4.78 is 13.5. The van der Waals surface area contributed by atoms with Gasteiger partial charge in [0, 0.05) is 31.7 Å². The molecule has 0 radical (unpaired) electrons. The van der Waals surface area contributed by atoms with Crippen molar-refractivity contribution in [2.24, 2.45) is 5.92 Å². The van der Waals surface area contributed by atoms with E-state index in [1.54, 1.807) is 18.3 Å². The molecule has 1 saturated heterocycles. The van der Waals surface area contributed by atoms with Crippen molar-refractivity contribution >= 4 is 17.0 Å². The summed E-state index contributed by atoms with van der Waals surface area (Å²) in [5.74, 6) is -1.02. The van der Waals surface area contributed by atoms with Crippen LogP contribution >= 0.6 is 0 Å². The molecule has 2 N–H and O–H groups in total. The number of hydrogen-bond acceptors (Lipinski definition) is 3. The van der Waals surface area contributed by atoms with E-state index in [2.05, 4.69) is 14.9 Å². The third kappa shape index (κ3) is 2.76. The number of rotatable bonds is 3. The molecule has 1 aliphatic rings. The second-order valence-corrected chi connectivity index (χ2v) is 5.73. The molecule has 0 aliphatic carbocycles. The molecule has 3 heterocycles. The molecule has 0 amide bonds. The number of carboxylic acids is 1. The summed E-state index contributed by atoms with van der Waals surface area (Å²) in [6.07, 6.45) is 1.55. The van der Waals surface area contributed by atoms with Crippen molar-refractivity contribution in [2.75, 3.05) is 13.1 Å². The van der Waals surface area contributed by atoms with Gasteiger partial charge in [-0.1, -0.05) is 6.92 Å². The molecular weight excluding hydrogens is 273 g/mol. The minimum Gasteiger partial charge on any atom is -0.477 e. The van der Waals surface area contributed by atoms with E-state index in [9.17, 15) is 9.18 Å². The maximum atomic E-state index is 13.5. The van der Waals surface area contributed by atoms with E-state index in [1.165, 1.54) is 0 Å². The number of halogens is 1. The maximum absolute atomic E-state index is 13.5. The summed E-state index contributed by atoms with van der Waals surface area (Å²) in [6, 6.07) is 3.37. The maximum Gasteiger partial charge on any atom is 0.354 e. The van der Waals surface area contributed by atoms with Crippen LogP contribution in [0.15, 0.2) is 18.3 Å². The van der Waals surface area contributed by atoms with Crippen LogP contribution in [0.1, 0.15) is 29.4 Å². The fourth-order valence-corrected chi connectivity index (χ4v) is 2.93. The van der Waals surface area contributed by atoms with Gasteiger partial charge in [-0.15, -0.1) is 0 Å². The highest BCUT2D eigenvalue weighted by molar-refractivity contribution is 5.90. The minimum atomic E-state index is -1.03. The first-order chi connectivity index (χ1) is 10.0. The van der Waals surface area contributed by atoms with Crippen LogP contribution in [0.4, 0.5) is 4.39 Å². The van der Waals surface area contributed by atoms with Crippen molar-refractivity contribution in [3.63, 3.8) is 0 Å². The van der Waals surface area contributed by atoms with Gasteiger partial charge in [-0.2, -0.15) is 0 Å². The lowest BCUT2D eigenvalue weighted by atomic mass is 9.97. The van der Waals surface area contributed by atoms with Gasteiger partial charge in [0.1, 0.15) is 11.9 Å². The Kier molecular flexibility index (Phi) is 3.63. The van der Waals surface area contributed by atoms with E-state index in [0.717, 1.165) is 11.1 Å². The van der Waals surface area contributed by atoms with Gasteiger partial charge in [-0.25, -0.2) is 14.2 Å². The Hall–Kier alpha value is -1.95. The van der Waals surface area contributed by atoms with Crippen molar-refractivity contribution in [1.82, 2.24) is 14.9 Å². The first kappa shape index (κ1) is 14.0.